The van der Waals surface area contributed by atoms with Crippen LogP contribution in [0.2, 0.25) is 0 Å². The fourth-order valence-corrected chi connectivity index (χ4v) is 2.62. The molecule has 1 aromatic heterocycles. The number of aliphatic hydroxyl groups excluding tert-OH is 1. The molecule has 2 aromatic rings. The minimum atomic E-state index is -0.343. The SMILES string of the molecule is COc1ccc2[nH]ccc2c1C1NCCC1O. The predicted octanol–water partition coefficient (Wildman–Crippen LogP) is 1.57. The lowest BCUT2D eigenvalue weighted by molar-refractivity contribution is 0.159. The Morgan fingerprint density at radius 2 is 2.24 bits per heavy atom. The first kappa shape index (κ1) is 10.6. The number of ether oxygens (including phenoxy) is 1. The van der Waals surface area contributed by atoms with E-state index in [2.05, 4.69) is 10.3 Å². The molecule has 1 aromatic carbocycles. The number of aliphatic hydroxyl groups is 1. The van der Waals surface area contributed by atoms with Crippen molar-refractivity contribution in [3.8, 4) is 5.75 Å². The Kier molecular flexibility index (Phi) is 2.53. The van der Waals surface area contributed by atoms with E-state index in [1.165, 1.54) is 0 Å². The van der Waals surface area contributed by atoms with Gasteiger partial charge in [0.15, 0.2) is 0 Å². The van der Waals surface area contributed by atoms with E-state index >= 15 is 0 Å². The summed E-state index contributed by atoms with van der Waals surface area (Å²) in [6, 6.07) is 5.93. The van der Waals surface area contributed by atoms with E-state index in [1.54, 1.807) is 7.11 Å². The standard InChI is InChI=1S/C13H16N2O2/c1-17-11-3-2-9-8(4-6-14-9)12(11)13-10(16)5-7-15-13/h2-4,6,10,13-16H,5,7H2,1H3. The summed E-state index contributed by atoms with van der Waals surface area (Å²) in [7, 11) is 1.67. The first-order chi connectivity index (χ1) is 8.31. The minimum absolute atomic E-state index is 0.0375. The van der Waals surface area contributed by atoms with Crippen molar-refractivity contribution in [2.45, 2.75) is 18.6 Å². The summed E-state index contributed by atoms with van der Waals surface area (Å²) in [5.41, 5.74) is 2.12. The first-order valence-corrected chi connectivity index (χ1v) is 5.86. The Labute approximate surface area is 99.6 Å². The second-order valence-electron chi connectivity index (χ2n) is 4.41. The Hall–Kier alpha value is -1.52. The molecule has 0 bridgehead atoms. The highest BCUT2D eigenvalue weighted by Gasteiger charge is 2.30. The van der Waals surface area contributed by atoms with Crippen LogP contribution in [0.3, 0.4) is 0 Å². The van der Waals surface area contributed by atoms with Crippen molar-refractivity contribution >= 4 is 10.9 Å². The maximum atomic E-state index is 10.0. The number of aromatic nitrogens is 1. The smallest absolute Gasteiger partial charge is 0.124 e. The number of H-pyrrole nitrogens is 1. The van der Waals surface area contributed by atoms with Crippen LogP contribution in [0.15, 0.2) is 24.4 Å². The molecule has 17 heavy (non-hydrogen) atoms. The summed E-state index contributed by atoms with van der Waals surface area (Å²) < 4.78 is 5.42. The highest BCUT2D eigenvalue weighted by molar-refractivity contribution is 5.86. The van der Waals surface area contributed by atoms with Crippen molar-refractivity contribution in [1.29, 1.82) is 0 Å². The number of rotatable bonds is 2. The van der Waals surface area contributed by atoms with Crippen LogP contribution in [0, 0.1) is 0 Å². The van der Waals surface area contributed by atoms with Crippen LogP contribution in [-0.4, -0.2) is 29.8 Å². The maximum absolute atomic E-state index is 10.0. The van der Waals surface area contributed by atoms with Crippen LogP contribution in [0.1, 0.15) is 18.0 Å². The van der Waals surface area contributed by atoms with Crippen molar-refractivity contribution in [1.82, 2.24) is 10.3 Å². The van der Waals surface area contributed by atoms with Gasteiger partial charge in [-0.25, -0.2) is 0 Å². The van der Waals surface area contributed by atoms with E-state index in [0.717, 1.165) is 35.2 Å². The van der Waals surface area contributed by atoms with E-state index in [0.29, 0.717) is 0 Å². The van der Waals surface area contributed by atoms with Gasteiger partial charge in [-0.1, -0.05) is 0 Å². The molecule has 2 unspecified atom stereocenters. The molecule has 1 aliphatic rings. The molecule has 90 valence electrons. The van der Waals surface area contributed by atoms with E-state index in [-0.39, 0.29) is 12.1 Å². The van der Waals surface area contributed by atoms with Gasteiger partial charge in [0.25, 0.3) is 0 Å². The molecule has 3 rings (SSSR count). The Morgan fingerprint density at radius 1 is 1.35 bits per heavy atom. The molecule has 0 radical (unpaired) electrons. The Balaban J connectivity index is 2.20. The van der Waals surface area contributed by atoms with Crippen LogP contribution in [0.4, 0.5) is 0 Å². The largest absolute Gasteiger partial charge is 0.496 e. The number of aromatic amines is 1. The van der Waals surface area contributed by atoms with Gasteiger partial charge in [0.1, 0.15) is 5.75 Å². The molecule has 4 heteroatoms. The molecule has 0 spiro atoms. The lowest BCUT2D eigenvalue weighted by Crippen LogP contribution is -2.21. The number of hydrogen-bond donors (Lipinski definition) is 3. The molecule has 1 aliphatic heterocycles. The summed E-state index contributed by atoms with van der Waals surface area (Å²) in [6.45, 7) is 0.843. The molecule has 4 nitrogen and oxygen atoms in total. The van der Waals surface area contributed by atoms with Crippen LogP contribution < -0.4 is 10.1 Å². The fraction of sp³-hybridized carbons (Fsp3) is 0.385. The Bertz CT molecular complexity index is 535. The van der Waals surface area contributed by atoms with Gasteiger partial charge < -0.3 is 20.1 Å². The van der Waals surface area contributed by atoms with Gasteiger partial charge in [-0.15, -0.1) is 0 Å². The number of nitrogens with one attached hydrogen (secondary N) is 2. The zero-order valence-corrected chi connectivity index (χ0v) is 9.73. The van der Waals surface area contributed by atoms with E-state index < -0.39 is 0 Å². The Morgan fingerprint density at radius 3 is 2.94 bits per heavy atom. The third kappa shape index (κ3) is 1.61. The van der Waals surface area contributed by atoms with Gasteiger partial charge in [0.2, 0.25) is 0 Å². The maximum Gasteiger partial charge on any atom is 0.124 e. The highest BCUT2D eigenvalue weighted by Crippen LogP contribution is 2.36. The van der Waals surface area contributed by atoms with Crippen molar-refractivity contribution < 1.29 is 9.84 Å². The second-order valence-corrected chi connectivity index (χ2v) is 4.41. The summed E-state index contributed by atoms with van der Waals surface area (Å²) in [5.74, 6) is 0.829. The molecule has 3 N–H and O–H groups in total. The van der Waals surface area contributed by atoms with Gasteiger partial charge in [0.05, 0.1) is 19.3 Å². The van der Waals surface area contributed by atoms with Crippen LogP contribution in [0.25, 0.3) is 10.9 Å². The lowest BCUT2D eigenvalue weighted by Gasteiger charge is -2.19. The second kappa shape index (κ2) is 4.05. The summed E-state index contributed by atoms with van der Waals surface area (Å²) in [5, 5.41) is 14.5. The number of benzene rings is 1. The number of fused-ring (bicyclic) bond motifs is 1. The molecular weight excluding hydrogens is 216 g/mol. The quantitative estimate of drug-likeness (QED) is 0.736. The zero-order chi connectivity index (χ0) is 11.8. The van der Waals surface area contributed by atoms with Crippen molar-refractivity contribution in [2.24, 2.45) is 0 Å². The molecule has 1 fully saturated rings. The predicted molar refractivity (Wildman–Crippen MR) is 66.2 cm³/mol. The fourth-order valence-electron chi connectivity index (χ4n) is 2.62. The monoisotopic (exact) mass is 232 g/mol. The molecular formula is C13H16N2O2. The minimum Gasteiger partial charge on any atom is -0.496 e. The molecule has 0 amide bonds. The molecule has 0 saturated carbocycles. The van der Waals surface area contributed by atoms with Crippen molar-refractivity contribution in [3.05, 3.63) is 30.0 Å². The molecule has 2 atom stereocenters. The van der Waals surface area contributed by atoms with Crippen LogP contribution in [-0.2, 0) is 0 Å². The summed E-state index contributed by atoms with van der Waals surface area (Å²) in [4.78, 5) is 3.18. The number of methoxy groups -OCH3 is 1. The molecule has 1 saturated heterocycles. The van der Waals surface area contributed by atoms with Gasteiger partial charge in [-0.2, -0.15) is 0 Å². The lowest BCUT2D eigenvalue weighted by atomic mass is 9.98. The third-order valence-electron chi connectivity index (χ3n) is 3.46. The van der Waals surface area contributed by atoms with Crippen LogP contribution in [0.5, 0.6) is 5.75 Å². The van der Waals surface area contributed by atoms with E-state index in [1.807, 2.05) is 24.4 Å². The summed E-state index contributed by atoms with van der Waals surface area (Å²) >= 11 is 0. The summed E-state index contributed by atoms with van der Waals surface area (Å²) in [6.07, 6.45) is 2.35. The van der Waals surface area contributed by atoms with Crippen LogP contribution >= 0.6 is 0 Å². The van der Waals surface area contributed by atoms with Gasteiger partial charge in [-0.3, -0.25) is 0 Å². The molecule has 0 aliphatic carbocycles. The average molecular weight is 232 g/mol. The van der Waals surface area contributed by atoms with Crippen molar-refractivity contribution in [3.63, 3.8) is 0 Å². The normalized spacial score (nSPS) is 24.4. The number of hydrogen-bond acceptors (Lipinski definition) is 3. The third-order valence-corrected chi connectivity index (χ3v) is 3.46. The van der Waals surface area contributed by atoms with Gasteiger partial charge in [0, 0.05) is 22.7 Å². The van der Waals surface area contributed by atoms with E-state index in [9.17, 15) is 5.11 Å². The first-order valence-electron chi connectivity index (χ1n) is 5.86. The molecule has 2 heterocycles. The van der Waals surface area contributed by atoms with Gasteiger partial charge in [-0.05, 0) is 31.2 Å². The van der Waals surface area contributed by atoms with Gasteiger partial charge >= 0.3 is 0 Å². The highest BCUT2D eigenvalue weighted by atomic mass is 16.5. The topological polar surface area (TPSA) is 57.3 Å². The van der Waals surface area contributed by atoms with E-state index in [4.69, 9.17) is 4.74 Å². The zero-order valence-electron chi connectivity index (χ0n) is 9.73. The average Bonchev–Trinajstić information content (AvgIpc) is 2.96. The van der Waals surface area contributed by atoms with Crippen molar-refractivity contribution in [2.75, 3.05) is 13.7 Å².